The molecule has 8 heteroatoms. The van der Waals surface area contributed by atoms with Gasteiger partial charge in [0.15, 0.2) is 5.69 Å². The maximum atomic E-state index is 11.5. The van der Waals surface area contributed by atoms with Crippen LogP contribution in [0.5, 0.6) is 0 Å². The number of hydrogen-bond acceptors (Lipinski definition) is 5. The fourth-order valence-corrected chi connectivity index (χ4v) is 1.38. The van der Waals surface area contributed by atoms with Gasteiger partial charge in [0.05, 0.1) is 11.4 Å². The average molecular weight is 244 g/mol. The molecule has 0 radical (unpaired) electrons. The van der Waals surface area contributed by atoms with E-state index in [0.717, 1.165) is 0 Å². The van der Waals surface area contributed by atoms with Crippen LogP contribution < -0.4 is 16.2 Å². The van der Waals surface area contributed by atoms with Gasteiger partial charge in [-0.25, -0.2) is 18.5 Å². The lowest BCUT2D eigenvalue weighted by Gasteiger charge is -2.05. The van der Waals surface area contributed by atoms with Crippen molar-refractivity contribution in [2.24, 2.45) is 5.14 Å². The van der Waals surface area contributed by atoms with E-state index < -0.39 is 15.9 Å². The Morgan fingerprint density at radius 3 is 2.75 bits per heavy atom. The summed E-state index contributed by atoms with van der Waals surface area (Å²) < 4.78 is 21.2. The average Bonchev–Trinajstić information content (AvgIpc) is 2.16. The number of pyridine rings is 1. The number of nitrogen functional groups attached to an aromatic ring is 1. The second-order valence-electron chi connectivity index (χ2n) is 3.06. The topological polar surface area (TPSA) is 128 Å². The highest BCUT2D eigenvalue weighted by atomic mass is 32.2. The van der Waals surface area contributed by atoms with Crippen LogP contribution in [-0.2, 0) is 10.0 Å². The molecule has 5 N–H and O–H groups in total. The number of anilines is 1. The van der Waals surface area contributed by atoms with E-state index in [2.05, 4.69) is 10.3 Å². The lowest BCUT2D eigenvalue weighted by atomic mass is 10.3. The number of sulfonamides is 1. The first kappa shape index (κ1) is 12.4. The number of carbonyl (C=O) groups is 1. The zero-order chi connectivity index (χ0) is 12.2. The van der Waals surface area contributed by atoms with E-state index in [9.17, 15) is 13.2 Å². The number of hydrogen-bond donors (Lipinski definition) is 3. The Morgan fingerprint density at radius 2 is 2.19 bits per heavy atom. The molecule has 1 rings (SSSR count). The summed E-state index contributed by atoms with van der Waals surface area (Å²) in [5, 5.41) is 7.13. The zero-order valence-electron chi connectivity index (χ0n) is 8.38. The van der Waals surface area contributed by atoms with Crippen LogP contribution in [0.1, 0.15) is 10.5 Å². The minimum atomic E-state index is -3.58. The Labute approximate surface area is 92.9 Å². The molecule has 1 heterocycles. The van der Waals surface area contributed by atoms with Crippen molar-refractivity contribution in [3.8, 4) is 0 Å². The van der Waals surface area contributed by atoms with Gasteiger partial charge in [-0.1, -0.05) is 0 Å². The van der Waals surface area contributed by atoms with Crippen LogP contribution in [0.3, 0.4) is 0 Å². The highest BCUT2D eigenvalue weighted by Crippen LogP contribution is 2.05. The summed E-state index contributed by atoms with van der Waals surface area (Å²) in [4.78, 5) is 15.2. The summed E-state index contributed by atoms with van der Waals surface area (Å²) in [6.07, 6.45) is 1.42. The number of primary sulfonamides is 1. The lowest BCUT2D eigenvalue weighted by Crippen LogP contribution is -2.32. The first-order valence-corrected chi connectivity index (χ1v) is 6.11. The molecule has 16 heavy (non-hydrogen) atoms. The van der Waals surface area contributed by atoms with Gasteiger partial charge in [-0.2, -0.15) is 0 Å². The molecule has 88 valence electrons. The Hall–Kier alpha value is -1.67. The normalized spacial score (nSPS) is 11.1. The van der Waals surface area contributed by atoms with E-state index in [-0.39, 0.29) is 23.7 Å². The smallest absolute Gasteiger partial charge is 0.272 e. The van der Waals surface area contributed by atoms with Crippen molar-refractivity contribution in [2.45, 2.75) is 0 Å². The van der Waals surface area contributed by atoms with Gasteiger partial charge in [-0.15, -0.1) is 0 Å². The fourth-order valence-electron chi connectivity index (χ4n) is 0.998. The van der Waals surface area contributed by atoms with Crippen LogP contribution in [-0.4, -0.2) is 31.6 Å². The van der Waals surface area contributed by atoms with Gasteiger partial charge in [0.1, 0.15) is 0 Å². The van der Waals surface area contributed by atoms with Crippen LogP contribution >= 0.6 is 0 Å². The van der Waals surface area contributed by atoms with Gasteiger partial charge in [0, 0.05) is 12.7 Å². The number of nitrogens with one attached hydrogen (secondary N) is 1. The van der Waals surface area contributed by atoms with E-state index in [1.165, 1.54) is 12.3 Å². The minimum Gasteiger partial charge on any atom is -0.397 e. The van der Waals surface area contributed by atoms with Crippen molar-refractivity contribution in [1.29, 1.82) is 0 Å². The molecule has 0 aliphatic carbocycles. The summed E-state index contributed by atoms with van der Waals surface area (Å²) in [5.41, 5.74) is 5.81. The third-order valence-electron chi connectivity index (χ3n) is 1.73. The second-order valence-corrected chi connectivity index (χ2v) is 4.80. The highest BCUT2D eigenvalue weighted by Gasteiger charge is 2.11. The Balaban J connectivity index is 2.57. The summed E-state index contributed by atoms with van der Waals surface area (Å²) in [5.74, 6) is -0.854. The third kappa shape index (κ3) is 3.83. The van der Waals surface area contributed by atoms with Crippen LogP contribution in [0.25, 0.3) is 0 Å². The molecular weight excluding hydrogens is 232 g/mol. The highest BCUT2D eigenvalue weighted by molar-refractivity contribution is 7.89. The zero-order valence-corrected chi connectivity index (χ0v) is 9.20. The van der Waals surface area contributed by atoms with E-state index in [1.807, 2.05) is 0 Å². The van der Waals surface area contributed by atoms with Crippen molar-refractivity contribution in [2.75, 3.05) is 18.0 Å². The van der Waals surface area contributed by atoms with Gasteiger partial charge in [-0.05, 0) is 12.1 Å². The number of carbonyl (C=O) groups excluding carboxylic acids is 1. The van der Waals surface area contributed by atoms with Crippen LogP contribution in [0.2, 0.25) is 0 Å². The van der Waals surface area contributed by atoms with Crippen molar-refractivity contribution in [1.82, 2.24) is 10.3 Å². The molecule has 7 nitrogen and oxygen atoms in total. The van der Waals surface area contributed by atoms with Crippen molar-refractivity contribution in [3.05, 3.63) is 24.0 Å². The monoisotopic (exact) mass is 244 g/mol. The lowest BCUT2D eigenvalue weighted by molar-refractivity contribution is 0.0952. The van der Waals surface area contributed by atoms with Gasteiger partial charge < -0.3 is 11.1 Å². The first-order valence-electron chi connectivity index (χ1n) is 4.39. The molecule has 0 aromatic carbocycles. The molecular formula is C8H12N4O3S. The van der Waals surface area contributed by atoms with Crippen molar-refractivity contribution in [3.63, 3.8) is 0 Å². The molecule has 0 bridgehead atoms. The predicted molar refractivity (Wildman–Crippen MR) is 59.0 cm³/mol. The maximum Gasteiger partial charge on any atom is 0.272 e. The number of aromatic nitrogens is 1. The van der Waals surface area contributed by atoms with Crippen LogP contribution in [0, 0.1) is 0 Å². The molecule has 0 saturated carbocycles. The van der Waals surface area contributed by atoms with Gasteiger partial charge >= 0.3 is 0 Å². The second kappa shape index (κ2) is 4.90. The van der Waals surface area contributed by atoms with Crippen molar-refractivity contribution >= 4 is 21.6 Å². The van der Waals surface area contributed by atoms with E-state index in [4.69, 9.17) is 10.9 Å². The van der Waals surface area contributed by atoms with Gasteiger partial charge in [-0.3, -0.25) is 4.79 Å². The summed E-state index contributed by atoms with van der Waals surface area (Å²) in [6, 6.07) is 3.12. The van der Waals surface area contributed by atoms with Crippen molar-refractivity contribution < 1.29 is 13.2 Å². The molecule has 0 unspecified atom stereocenters. The fraction of sp³-hybridized carbons (Fsp3) is 0.250. The summed E-state index contributed by atoms with van der Waals surface area (Å²) in [6.45, 7) is -0.0757. The number of amides is 1. The molecule has 0 fully saturated rings. The number of rotatable bonds is 4. The largest absolute Gasteiger partial charge is 0.397 e. The Bertz CT molecular complexity index is 486. The molecule has 1 aromatic rings. The Morgan fingerprint density at radius 1 is 1.50 bits per heavy atom. The van der Waals surface area contributed by atoms with E-state index in [0.29, 0.717) is 0 Å². The Kier molecular flexibility index (Phi) is 3.80. The molecule has 0 aliphatic rings. The minimum absolute atomic E-state index is 0.0666. The number of nitrogens with zero attached hydrogens (tertiary/aromatic N) is 1. The van der Waals surface area contributed by atoms with E-state index >= 15 is 0 Å². The van der Waals surface area contributed by atoms with Crippen LogP contribution in [0.4, 0.5) is 5.69 Å². The van der Waals surface area contributed by atoms with Gasteiger partial charge in [0.2, 0.25) is 10.0 Å². The maximum absolute atomic E-state index is 11.5. The molecule has 0 atom stereocenters. The molecule has 0 aliphatic heterocycles. The molecule has 0 saturated heterocycles. The third-order valence-corrected chi connectivity index (χ3v) is 2.50. The SMILES string of the molecule is Nc1cccnc1C(=O)NCCS(N)(=O)=O. The standard InChI is InChI=1S/C8H12N4O3S/c9-6-2-1-3-11-7(6)8(13)12-4-5-16(10,14)15/h1-3H,4-5,9H2,(H,12,13)(H2,10,14,15). The van der Waals surface area contributed by atoms with E-state index in [1.54, 1.807) is 6.07 Å². The summed E-state index contributed by atoms with van der Waals surface area (Å²) >= 11 is 0. The first-order chi connectivity index (χ1) is 7.40. The van der Waals surface area contributed by atoms with Crippen LogP contribution in [0.15, 0.2) is 18.3 Å². The quantitative estimate of drug-likeness (QED) is 0.605. The molecule has 1 aromatic heterocycles. The van der Waals surface area contributed by atoms with Gasteiger partial charge in [0.25, 0.3) is 5.91 Å². The molecule has 1 amide bonds. The number of nitrogens with two attached hydrogens (primary N) is 2. The summed E-state index contributed by atoms with van der Waals surface area (Å²) in [7, 11) is -3.58. The molecule has 0 spiro atoms. The predicted octanol–water partition coefficient (Wildman–Crippen LogP) is -1.32.